The molecule has 0 amide bonds. The lowest BCUT2D eigenvalue weighted by molar-refractivity contribution is 0.0699. The highest BCUT2D eigenvalue weighted by Gasteiger charge is 2.30. The minimum Gasteiger partial charge on any atom is -0.478 e. The van der Waals surface area contributed by atoms with Gasteiger partial charge in [0.15, 0.2) is 0 Å². The van der Waals surface area contributed by atoms with Crippen LogP contribution in [-0.4, -0.2) is 34.3 Å². The Bertz CT molecular complexity index is 644. The number of carbonyl (C=O) groups is 1. The second kappa shape index (κ2) is 5.25. The number of carboxylic acids is 1. The lowest BCUT2D eigenvalue weighted by atomic mass is 10.2. The van der Waals surface area contributed by atoms with Crippen LogP contribution in [0.25, 0.3) is 11.0 Å². The first-order valence-corrected chi connectivity index (χ1v) is 6.93. The van der Waals surface area contributed by atoms with Gasteiger partial charge in [0, 0.05) is 26.2 Å². The molecule has 0 aliphatic heterocycles. The van der Waals surface area contributed by atoms with Gasteiger partial charge in [0.05, 0.1) is 11.1 Å². The maximum absolute atomic E-state index is 11.3. The Hall–Kier alpha value is -1.88. The average Bonchev–Trinajstić information content (AvgIpc) is 3.21. The Balaban J connectivity index is 2.07. The Morgan fingerprint density at radius 3 is 2.95 bits per heavy atom. The van der Waals surface area contributed by atoms with Crippen LogP contribution in [-0.2, 0) is 11.3 Å². The van der Waals surface area contributed by atoms with Gasteiger partial charge in [-0.05, 0) is 31.4 Å². The Kier molecular flexibility index (Phi) is 3.44. The normalized spacial score (nSPS) is 14.8. The highest BCUT2D eigenvalue weighted by Crippen LogP contribution is 2.41. The van der Waals surface area contributed by atoms with Gasteiger partial charge in [-0.25, -0.2) is 9.78 Å². The van der Waals surface area contributed by atoms with Crippen molar-refractivity contribution in [2.45, 2.75) is 31.7 Å². The number of carboxylic acid groups (broad SMARTS) is 1. The zero-order valence-electron chi connectivity index (χ0n) is 11.5. The lowest BCUT2D eigenvalue weighted by Crippen LogP contribution is -2.05. The molecule has 20 heavy (non-hydrogen) atoms. The van der Waals surface area contributed by atoms with E-state index in [-0.39, 0.29) is 5.56 Å². The topological polar surface area (TPSA) is 64.4 Å². The van der Waals surface area contributed by atoms with Crippen molar-refractivity contribution in [3.8, 4) is 0 Å². The molecule has 1 saturated carbocycles. The zero-order chi connectivity index (χ0) is 14.1. The van der Waals surface area contributed by atoms with Crippen LogP contribution in [0.3, 0.4) is 0 Å². The molecule has 3 rings (SSSR count). The molecule has 0 radical (unpaired) electrons. The van der Waals surface area contributed by atoms with Crippen molar-refractivity contribution >= 4 is 17.0 Å². The number of rotatable bonds is 6. The highest BCUT2D eigenvalue weighted by atomic mass is 16.5. The molecule has 0 spiro atoms. The Morgan fingerprint density at radius 1 is 1.50 bits per heavy atom. The van der Waals surface area contributed by atoms with E-state index < -0.39 is 5.97 Å². The van der Waals surface area contributed by atoms with Crippen molar-refractivity contribution in [2.75, 3.05) is 13.7 Å². The van der Waals surface area contributed by atoms with Crippen LogP contribution in [0, 0.1) is 0 Å². The molecule has 5 nitrogen and oxygen atoms in total. The van der Waals surface area contributed by atoms with Crippen LogP contribution in [0.2, 0.25) is 0 Å². The third kappa shape index (κ3) is 2.29. The highest BCUT2D eigenvalue weighted by molar-refractivity contribution is 6.01. The summed E-state index contributed by atoms with van der Waals surface area (Å²) in [6.07, 6.45) is 3.20. The van der Waals surface area contributed by atoms with E-state index in [1.54, 1.807) is 19.2 Å². The standard InChI is InChI=1S/C15H18N2O3/c1-20-9-3-8-17-12-5-2-4-11(15(18)19)13(12)16-14(17)10-6-7-10/h2,4-5,10H,3,6-9H2,1H3,(H,18,19). The van der Waals surface area contributed by atoms with E-state index in [4.69, 9.17) is 4.74 Å². The SMILES string of the molecule is COCCCn1c(C2CC2)nc2c(C(=O)O)cccc21. The number of aromatic nitrogens is 2. The summed E-state index contributed by atoms with van der Waals surface area (Å²) in [4.78, 5) is 15.9. The number of ether oxygens (including phenoxy) is 1. The van der Waals surface area contributed by atoms with Crippen LogP contribution in [0.15, 0.2) is 18.2 Å². The molecule has 1 aromatic heterocycles. The first kappa shape index (κ1) is 13.1. The van der Waals surface area contributed by atoms with Gasteiger partial charge in [-0.3, -0.25) is 0 Å². The summed E-state index contributed by atoms with van der Waals surface area (Å²) in [7, 11) is 1.69. The minimum atomic E-state index is -0.917. The third-order valence-electron chi connectivity index (χ3n) is 3.71. The summed E-state index contributed by atoms with van der Waals surface area (Å²) in [6.45, 7) is 1.52. The number of aryl methyl sites for hydroxylation is 1. The van der Waals surface area contributed by atoms with Crippen LogP contribution >= 0.6 is 0 Å². The number of imidazole rings is 1. The number of methoxy groups -OCH3 is 1. The number of hydrogen-bond donors (Lipinski definition) is 1. The molecule has 1 heterocycles. The van der Waals surface area contributed by atoms with Crippen LogP contribution in [0.4, 0.5) is 0 Å². The lowest BCUT2D eigenvalue weighted by Gasteiger charge is -2.08. The quantitative estimate of drug-likeness (QED) is 0.822. The fourth-order valence-electron chi connectivity index (χ4n) is 2.59. The summed E-state index contributed by atoms with van der Waals surface area (Å²) >= 11 is 0. The number of nitrogens with zero attached hydrogens (tertiary/aromatic N) is 2. The van der Waals surface area contributed by atoms with E-state index >= 15 is 0 Å². The Morgan fingerprint density at radius 2 is 2.30 bits per heavy atom. The summed E-state index contributed by atoms with van der Waals surface area (Å²) in [5.41, 5.74) is 1.82. The van der Waals surface area contributed by atoms with E-state index in [0.29, 0.717) is 18.0 Å². The van der Waals surface area contributed by atoms with Crippen molar-refractivity contribution in [3.63, 3.8) is 0 Å². The van der Waals surface area contributed by atoms with Gasteiger partial charge in [0.2, 0.25) is 0 Å². The molecule has 1 aromatic carbocycles. The number of benzene rings is 1. The Labute approximate surface area is 117 Å². The van der Waals surface area contributed by atoms with Gasteiger partial charge in [-0.15, -0.1) is 0 Å². The second-order valence-corrected chi connectivity index (χ2v) is 5.22. The van der Waals surface area contributed by atoms with Crippen molar-refractivity contribution < 1.29 is 14.6 Å². The maximum Gasteiger partial charge on any atom is 0.337 e. The molecule has 0 atom stereocenters. The van der Waals surface area contributed by atoms with E-state index in [1.165, 1.54) is 0 Å². The number of aromatic carboxylic acids is 1. The van der Waals surface area contributed by atoms with Gasteiger partial charge in [0.1, 0.15) is 11.3 Å². The fourth-order valence-corrected chi connectivity index (χ4v) is 2.59. The molecule has 106 valence electrons. The third-order valence-corrected chi connectivity index (χ3v) is 3.71. The summed E-state index contributed by atoms with van der Waals surface area (Å²) in [5, 5.41) is 9.28. The van der Waals surface area contributed by atoms with E-state index in [2.05, 4.69) is 9.55 Å². The average molecular weight is 274 g/mol. The largest absolute Gasteiger partial charge is 0.478 e. The molecule has 2 aromatic rings. The number of fused-ring (bicyclic) bond motifs is 1. The molecule has 0 saturated heterocycles. The van der Waals surface area contributed by atoms with Gasteiger partial charge < -0.3 is 14.4 Å². The zero-order valence-corrected chi connectivity index (χ0v) is 11.5. The predicted molar refractivity (Wildman–Crippen MR) is 75.2 cm³/mol. The van der Waals surface area contributed by atoms with Crippen molar-refractivity contribution in [1.29, 1.82) is 0 Å². The molecule has 1 fully saturated rings. The molecule has 1 N–H and O–H groups in total. The van der Waals surface area contributed by atoms with E-state index in [1.807, 2.05) is 6.07 Å². The predicted octanol–water partition coefficient (Wildman–Crippen LogP) is 2.65. The monoisotopic (exact) mass is 274 g/mol. The van der Waals surface area contributed by atoms with E-state index in [0.717, 1.165) is 37.1 Å². The second-order valence-electron chi connectivity index (χ2n) is 5.22. The minimum absolute atomic E-state index is 0.287. The molecule has 1 aliphatic carbocycles. The van der Waals surface area contributed by atoms with Crippen LogP contribution in [0.5, 0.6) is 0 Å². The van der Waals surface area contributed by atoms with Gasteiger partial charge in [-0.1, -0.05) is 6.07 Å². The molecule has 0 unspecified atom stereocenters. The van der Waals surface area contributed by atoms with Gasteiger partial charge >= 0.3 is 5.97 Å². The smallest absolute Gasteiger partial charge is 0.337 e. The molecular weight excluding hydrogens is 256 g/mol. The summed E-state index contributed by atoms with van der Waals surface area (Å²) in [5.74, 6) is 0.607. The molecular formula is C15H18N2O3. The fraction of sp³-hybridized carbons (Fsp3) is 0.467. The first-order chi connectivity index (χ1) is 9.72. The summed E-state index contributed by atoms with van der Waals surface area (Å²) in [6, 6.07) is 5.36. The first-order valence-electron chi connectivity index (χ1n) is 6.93. The van der Waals surface area contributed by atoms with Crippen LogP contribution < -0.4 is 0 Å². The molecule has 0 bridgehead atoms. The maximum atomic E-state index is 11.3. The summed E-state index contributed by atoms with van der Waals surface area (Å²) < 4.78 is 7.27. The molecule has 5 heteroatoms. The van der Waals surface area contributed by atoms with E-state index in [9.17, 15) is 9.90 Å². The molecule has 1 aliphatic rings. The van der Waals surface area contributed by atoms with Gasteiger partial charge in [-0.2, -0.15) is 0 Å². The van der Waals surface area contributed by atoms with Crippen molar-refractivity contribution in [3.05, 3.63) is 29.6 Å². The van der Waals surface area contributed by atoms with Crippen molar-refractivity contribution in [2.24, 2.45) is 0 Å². The van der Waals surface area contributed by atoms with Crippen LogP contribution in [0.1, 0.15) is 41.4 Å². The van der Waals surface area contributed by atoms with Crippen molar-refractivity contribution in [1.82, 2.24) is 9.55 Å². The van der Waals surface area contributed by atoms with Gasteiger partial charge in [0.25, 0.3) is 0 Å². The number of para-hydroxylation sites is 1. The number of hydrogen-bond acceptors (Lipinski definition) is 3.